The maximum absolute atomic E-state index is 13.3. The molecule has 1 aromatic heterocycles. The number of aromatic nitrogens is 2. The van der Waals surface area contributed by atoms with Crippen LogP contribution in [0, 0.1) is 0 Å². The minimum atomic E-state index is -0.847. The molecule has 1 unspecified atom stereocenters. The van der Waals surface area contributed by atoms with Crippen molar-refractivity contribution in [3.63, 3.8) is 0 Å². The average Bonchev–Trinajstić information content (AvgIpc) is 3.38. The molecule has 9 heteroatoms. The summed E-state index contributed by atoms with van der Waals surface area (Å²) in [7, 11) is 0. The van der Waals surface area contributed by atoms with Gasteiger partial charge in [-0.15, -0.1) is 10.2 Å². The molecule has 0 aliphatic rings. The zero-order chi connectivity index (χ0) is 25.6. The number of carbonyl (C=O) groups excluding carboxylic acids is 2. The van der Waals surface area contributed by atoms with Crippen molar-refractivity contribution in [3.8, 4) is 10.6 Å². The number of amides is 3. The lowest BCUT2D eigenvalue weighted by Gasteiger charge is -2.19. The molecule has 7 nitrogen and oxygen atoms in total. The molecule has 5 aromatic rings. The fourth-order valence-corrected chi connectivity index (χ4v) is 4.76. The van der Waals surface area contributed by atoms with Crippen LogP contribution < -0.4 is 16.0 Å². The van der Waals surface area contributed by atoms with E-state index in [1.807, 2.05) is 84.9 Å². The molecule has 0 fully saturated rings. The lowest BCUT2D eigenvalue weighted by atomic mass is 10.1. The Morgan fingerprint density at radius 3 is 2.35 bits per heavy atom. The quantitative estimate of drug-likeness (QED) is 0.229. The molecule has 3 N–H and O–H groups in total. The van der Waals surface area contributed by atoms with E-state index in [0.29, 0.717) is 27.3 Å². The van der Waals surface area contributed by atoms with E-state index in [1.165, 1.54) is 11.3 Å². The summed E-state index contributed by atoms with van der Waals surface area (Å²) in [4.78, 5) is 26.3. The summed E-state index contributed by atoms with van der Waals surface area (Å²) in [6.07, 6.45) is 0.304. The third-order valence-corrected chi connectivity index (χ3v) is 6.83. The van der Waals surface area contributed by atoms with Crippen LogP contribution >= 0.6 is 22.9 Å². The zero-order valence-corrected chi connectivity index (χ0v) is 21.1. The van der Waals surface area contributed by atoms with Crippen molar-refractivity contribution in [2.24, 2.45) is 0 Å². The van der Waals surface area contributed by atoms with Gasteiger partial charge in [0.1, 0.15) is 11.0 Å². The monoisotopic (exact) mass is 527 g/mol. The molecule has 5 rings (SSSR count). The van der Waals surface area contributed by atoms with Crippen molar-refractivity contribution in [2.75, 3.05) is 10.6 Å². The van der Waals surface area contributed by atoms with E-state index in [1.54, 1.807) is 12.1 Å². The summed E-state index contributed by atoms with van der Waals surface area (Å²) in [5.41, 5.74) is 2.41. The number of hydrogen-bond acceptors (Lipinski definition) is 5. The second-order valence-corrected chi connectivity index (χ2v) is 9.69. The molecule has 0 bridgehead atoms. The van der Waals surface area contributed by atoms with Crippen molar-refractivity contribution in [2.45, 2.75) is 12.5 Å². The Kier molecular flexibility index (Phi) is 7.39. The number of carbonyl (C=O) groups is 2. The number of urea groups is 1. The van der Waals surface area contributed by atoms with Crippen molar-refractivity contribution in [3.05, 3.63) is 108 Å². The smallest absolute Gasteiger partial charge is 0.319 e. The first-order valence-corrected chi connectivity index (χ1v) is 12.7. The predicted octanol–water partition coefficient (Wildman–Crippen LogP) is 6.38. The summed E-state index contributed by atoms with van der Waals surface area (Å²) in [6, 6.07) is 28.8. The number of rotatable bonds is 7. The number of anilines is 2. The van der Waals surface area contributed by atoms with E-state index < -0.39 is 18.0 Å². The molecule has 4 aromatic carbocycles. The first kappa shape index (κ1) is 24.4. The van der Waals surface area contributed by atoms with Gasteiger partial charge in [-0.05, 0) is 29.1 Å². The minimum absolute atomic E-state index is 0.304. The van der Waals surface area contributed by atoms with Crippen LogP contribution in [0.1, 0.15) is 5.56 Å². The standard InChI is InChI=1S/C28H22ClN5O2S/c29-21-15-13-20(14-16-21)26-33-34-28(37-26)32-25(35)24(17-18-7-2-1-3-8-18)31-27(36)30-23-12-6-10-19-9-4-5-11-22(19)23/h1-16,24H,17H2,(H2,30,31,36)(H,32,34,35). The number of nitrogens with zero attached hydrogens (tertiary/aromatic N) is 2. The fraction of sp³-hybridized carbons (Fsp3) is 0.0714. The highest BCUT2D eigenvalue weighted by molar-refractivity contribution is 7.18. The number of nitrogens with one attached hydrogen (secondary N) is 3. The summed E-state index contributed by atoms with van der Waals surface area (Å²) < 4.78 is 0. The molecule has 1 heterocycles. The number of hydrogen-bond donors (Lipinski definition) is 3. The van der Waals surface area contributed by atoms with Crippen LogP contribution in [0.15, 0.2) is 97.1 Å². The van der Waals surface area contributed by atoms with Gasteiger partial charge in [0.2, 0.25) is 11.0 Å². The molecule has 0 saturated heterocycles. The number of fused-ring (bicyclic) bond motifs is 1. The first-order chi connectivity index (χ1) is 18.0. The lowest BCUT2D eigenvalue weighted by Crippen LogP contribution is -2.46. The van der Waals surface area contributed by atoms with Gasteiger partial charge in [-0.1, -0.05) is 102 Å². The van der Waals surface area contributed by atoms with Gasteiger partial charge in [0.15, 0.2) is 0 Å². The van der Waals surface area contributed by atoms with Crippen LogP contribution in [-0.4, -0.2) is 28.2 Å². The van der Waals surface area contributed by atoms with Gasteiger partial charge in [0, 0.05) is 22.4 Å². The highest BCUT2D eigenvalue weighted by Crippen LogP contribution is 2.27. The van der Waals surface area contributed by atoms with Crippen molar-refractivity contribution in [1.82, 2.24) is 15.5 Å². The highest BCUT2D eigenvalue weighted by atomic mass is 35.5. The highest BCUT2D eigenvalue weighted by Gasteiger charge is 2.23. The summed E-state index contributed by atoms with van der Waals surface area (Å²) in [5.74, 6) is -0.393. The van der Waals surface area contributed by atoms with Crippen molar-refractivity contribution < 1.29 is 9.59 Å². The molecule has 0 aliphatic heterocycles. The van der Waals surface area contributed by atoms with Crippen LogP contribution in [0.25, 0.3) is 21.3 Å². The number of halogens is 1. The van der Waals surface area contributed by atoms with E-state index in [-0.39, 0.29) is 0 Å². The molecule has 0 radical (unpaired) electrons. The molecule has 37 heavy (non-hydrogen) atoms. The third-order valence-electron chi connectivity index (χ3n) is 5.69. The van der Waals surface area contributed by atoms with E-state index in [4.69, 9.17) is 11.6 Å². The third kappa shape index (κ3) is 6.11. The molecule has 0 saturated carbocycles. The van der Waals surface area contributed by atoms with Crippen LogP contribution in [0.5, 0.6) is 0 Å². The van der Waals surface area contributed by atoms with Gasteiger partial charge in [-0.3, -0.25) is 10.1 Å². The van der Waals surface area contributed by atoms with Crippen molar-refractivity contribution >= 4 is 56.5 Å². The number of benzene rings is 4. The molecule has 1 atom stereocenters. The normalized spacial score (nSPS) is 11.6. The zero-order valence-electron chi connectivity index (χ0n) is 19.5. The Bertz CT molecular complexity index is 1530. The maximum atomic E-state index is 13.3. The van der Waals surface area contributed by atoms with Gasteiger partial charge in [0.05, 0.1) is 5.69 Å². The Morgan fingerprint density at radius 2 is 1.54 bits per heavy atom. The van der Waals surface area contributed by atoms with Crippen LogP contribution in [-0.2, 0) is 11.2 Å². The van der Waals surface area contributed by atoms with E-state index in [0.717, 1.165) is 21.9 Å². The second-order valence-electron chi connectivity index (χ2n) is 8.28. The molecule has 184 valence electrons. The van der Waals surface area contributed by atoms with Gasteiger partial charge in [-0.2, -0.15) is 0 Å². The average molecular weight is 528 g/mol. The fourth-order valence-electron chi connectivity index (χ4n) is 3.89. The molecular formula is C28H22ClN5O2S. The lowest BCUT2D eigenvalue weighted by molar-refractivity contribution is -0.117. The summed E-state index contributed by atoms with van der Waals surface area (Å²) in [5, 5.41) is 20.3. The topological polar surface area (TPSA) is 96.0 Å². The Balaban J connectivity index is 1.32. The van der Waals surface area contributed by atoms with E-state index in [2.05, 4.69) is 26.1 Å². The van der Waals surface area contributed by atoms with E-state index in [9.17, 15) is 9.59 Å². The van der Waals surface area contributed by atoms with Gasteiger partial charge in [0.25, 0.3) is 0 Å². The summed E-state index contributed by atoms with van der Waals surface area (Å²) in [6.45, 7) is 0. The van der Waals surface area contributed by atoms with Crippen LogP contribution in [0.4, 0.5) is 15.6 Å². The molecular weight excluding hydrogens is 506 g/mol. The van der Waals surface area contributed by atoms with Crippen LogP contribution in [0.3, 0.4) is 0 Å². The Morgan fingerprint density at radius 1 is 0.811 bits per heavy atom. The first-order valence-electron chi connectivity index (χ1n) is 11.5. The van der Waals surface area contributed by atoms with Crippen LogP contribution in [0.2, 0.25) is 5.02 Å². The summed E-state index contributed by atoms with van der Waals surface area (Å²) >= 11 is 7.21. The SMILES string of the molecule is O=C(Nc1cccc2ccccc12)NC(Cc1ccccc1)C(=O)Nc1nnc(-c2ccc(Cl)cc2)s1. The predicted molar refractivity (Wildman–Crippen MR) is 149 cm³/mol. The van der Waals surface area contributed by atoms with Gasteiger partial charge in [-0.25, -0.2) is 4.79 Å². The largest absolute Gasteiger partial charge is 0.326 e. The Hall–Kier alpha value is -4.27. The maximum Gasteiger partial charge on any atom is 0.319 e. The van der Waals surface area contributed by atoms with Gasteiger partial charge < -0.3 is 10.6 Å². The van der Waals surface area contributed by atoms with Crippen molar-refractivity contribution in [1.29, 1.82) is 0 Å². The Labute approximate surface area is 222 Å². The molecule has 0 spiro atoms. The molecule has 0 aliphatic carbocycles. The molecule has 3 amide bonds. The van der Waals surface area contributed by atoms with Gasteiger partial charge >= 0.3 is 6.03 Å². The second kappa shape index (κ2) is 11.2. The minimum Gasteiger partial charge on any atom is -0.326 e. The van der Waals surface area contributed by atoms with E-state index >= 15 is 0 Å².